The first-order valence-electron chi connectivity index (χ1n) is 4.60. The van der Waals surface area contributed by atoms with Crippen molar-refractivity contribution in [3.8, 4) is 0 Å². The maximum atomic E-state index is 13.4. The molecule has 0 saturated heterocycles. The quantitative estimate of drug-likeness (QED) is 0.834. The zero-order chi connectivity index (χ0) is 10.8. The summed E-state index contributed by atoms with van der Waals surface area (Å²) >= 11 is 5.91. The standard InChI is InChI=1S/C11H10ClFN2/c1-7-5-8(15-14-7)6-9-10(12)3-2-4-11(9)13/h2-5H,6H2,1H3,(H,14,15). The van der Waals surface area contributed by atoms with Crippen molar-refractivity contribution in [3.05, 3.63) is 52.1 Å². The van der Waals surface area contributed by atoms with Gasteiger partial charge in [0.25, 0.3) is 0 Å². The lowest BCUT2D eigenvalue weighted by molar-refractivity contribution is 0.613. The molecule has 1 heterocycles. The largest absolute Gasteiger partial charge is 0.283 e. The van der Waals surface area contributed by atoms with Gasteiger partial charge in [-0.05, 0) is 25.1 Å². The summed E-state index contributed by atoms with van der Waals surface area (Å²) in [5, 5.41) is 7.30. The van der Waals surface area contributed by atoms with Crippen molar-refractivity contribution in [2.75, 3.05) is 0 Å². The second kappa shape index (κ2) is 4.03. The fourth-order valence-corrected chi connectivity index (χ4v) is 1.68. The van der Waals surface area contributed by atoms with Gasteiger partial charge in [-0.1, -0.05) is 17.7 Å². The second-order valence-electron chi connectivity index (χ2n) is 3.42. The van der Waals surface area contributed by atoms with Gasteiger partial charge in [-0.3, -0.25) is 5.10 Å². The van der Waals surface area contributed by atoms with Crippen LogP contribution in [0.5, 0.6) is 0 Å². The van der Waals surface area contributed by atoms with Gasteiger partial charge in [0, 0.05) is 22.7 Å². The number of aryl methyl sites for hydroxylation is 1. The lowest BCUT2D eigenvalue weighted by Crippen LogP contribution is -1.94. The average Bonchev–Trinajstić information content (AvgIpc) is 2.58. The molecule has 0 bridgehead atoms. The van der Waals surface area contributed by atoms with E-state index in [1.807, 2.05) is 13.0 Å². The summed E-state index contributed by atoms with van der Waals surface area (Å²) in [7, 11) is 0. The smallest absolute Gasteiger partial charge is 0.128 e. The van der Waals surface area contributed by atoms with E-state index in [0.29, 0.717) is 17.0 Å². The Balaban J connectivity index is 2.31. The molecule has 1 aromatic carbocycles. The van der Waals surface area contributed by atoms with E-state index in [-0.39, 0.29) is 5.82 Å². The highest BCUT2D eigenvalue weighted by molar-refractivity contribution is 6.31. The van der Waals surface area contributed by atoms with Crippen LogP contribution in [0.2, 0.25) is 5.02 Å². The number of benzene rings is 1. The van der Waals surface area contributed by atoms with Gasteiger partial charge in [-0.15, -0.1) is 0 Å². The van der Waals surface area contributed by atoms with Crippen molar-refractivity contribution < 1.29 is 4.39 Å². The molecule has 0 atom stereocenters. The third kappa shape index (κ3) is 2.18. The number of hydrogen-bond donors (Lipinski definition) is 1. The molecule has 2 nitrogen and oxygen atoms in total. The van der Waals surface area contributed by atoms with E-state index in [2.05, 4.69) is 10.2 Å². The first-order chi connectivity index (χ1) is 7.16. The minimum Gasteiger partial charge on any atom is -0.283 e. The van der Waals surface area contributed by atoms with E-state index in [1.54, 1.807) is 12.1 Å². The predicted molar refractivity (Wildman–Crippen MR) is 57.5 cm³/mol. The molecule has 0 amide bonds. The molecule has 1 N–H and O–H groups in total. The lowest BCUT2D eigenvalue weighted by atomic mass is 10.1. The van der Waals surface area contributed by atoms with Gasteiger partial charge in [0.15, 0.2) is 0 Å². The Kier molecular flexibility index (Phi) is 2.73. The summed E-state index contributed by atoms with van der Waals surface area (Å²) in [6, 6.07) is 6.56. The van der Waals surface area contributed by atoms with Crippen molar-refractivity contribution in [2.45, 2.75) is 13.3 Å². The van der Waals surface area contributed by atoms with Crippen molar-refractivity contribution in [2.24, 2.45) is 0 Å². The Labute approximate surface area is 92.1 Å². The molecule has 4 heteroatoms. The van der Waals surface area contributed by atoms with Crippen LogP contribution in [-0.4, -0.2) is 10.2 Å². The van der Waals surface area contributed by atoms with Crippen LogP contribution >= 0.6 is 11.6 Å². The van der Waals surface area contributed by atoms with Crippen molar-refractivity contribution >= 4 is 11.6 Å². The third-order valence-electron chi connectivity index (χ3n) is 2.18. The van der Waals surface area contributed by atoms with Crippen LogP contribution in [0.25, 0.3) is 0 Å². The molecule has 78 valence electrons. The minimum atomic E-state index is -0.289. The Morgan fingerprint density at radius 1 is 1.47 bits per heavy atom. The van der Waals surface area contributed by atoms with Crippen LogP contribution in [-0.2, 0) is 6.42 Å². The average molecular weight is 225 g/mol. The van der Waals surface area contributed by atoms with E-state index in [4.69, 9.17) is 11.6 Å². The van der Waals surface area contributed by atoms with E-state index < -0.39 is 0 Å². The van der Waals surface area contributed by atoms with Gasteiger partial charge in [0.05, 0.1) is 5.69 Å². The molecular weight excluding hydrogens is 215 g/mol. The van der Waals surface area contributed by atoms with Crippen LogP contribution in [0, 0.1) is 12.7 Å². The van der Waals surface area contributed by atoms with E-state index in [1.165, 1.54) is 6.07 Å². The monoisotopic (exact) mass is 224 g/mol. The Morgan fingerprint density at radius 3 is 2.87 bits per heavy atom. The predicted octanol–water partition coefficient (Wildman–Crippen LogP) is 3.10. The molecule has 0 aliphatic carbocycles. The number of nitrogens with zero attached hydrogens (tertiary/aromatic N) is 1. The summed E-state index contributed by atoms with van der Waals surface area (Å²) in [6.07, 6.45) is 0.413. The van der Waals surface area contributed by atoms with E-state index in [9.17, 15) is 4.39 Å². The first-order valence-corrected chi connectivity index (χ1v) is 4.98. The van der Waals surface area contributed by atoms with Gasteiger partial charge >= 0.3 is 0 Å². The normalized spacial score (nSPS) is 10.6. The van der Waals surface area contributed by atoms with Crippen LogP contribution in [0.15, 0.2) is 24.3 Å². The maximum absolute atomic E-state index is 13.4. The van der Waals surface area contributed by atoms with Gasteiger partial charge in [-0.2, -0.15) is 5.10 Å². The summed E-state index contributed by atoms with van der Waals surface area (Å²) in [6.45, 7) is 1.90. The second-order valence-corrected chi connectivity index (χ2v) is 3.83. The number of rotatable bonds is 2. The maximum Gasteiger partial charge on any atom is 0.128 e. The Morgan fingerprint density at radius 2 is 2.27 bits per heavy atom. The summed E-state index contributed by atoms with van der Waals surface area (Å²) < 4.78 is 13.4. The SMILES string of the molecule is Cc1cc(Cc2c(F)cccc2Cl)n[nH]1. The van der Waals surface area contributed by atoms with Gasteiger partial charge in [0.1, 0.15) is 5.82 Å². The molecule has 0 fully saturated rings. The van der Waals surface area contributed by atoms with Crippen LogP contribution in [0.1, 0.15) is 17.0 Å². The lowest BCUT2D eigenvalue weighted by Gasteiger charge is -2.02. The number of aromatic nitrogens is 2. The molecule has 0 aliphatic heterocycles. The van der Waals surface area contributed by atoms with Crippen LogP contribution < -0.4 is 0 Å². The summed E-state index contributed by atoms with van der Waals surface area (Å²) in [4.78, 5) is 0. The highest BCUT2D eigenvalue weighted by atomic mass is 35.5. The Hall–Kier alpha value is -1.35. The zero-order valence-corrected chi connectivity index (χ0v) is 8.98. The molecule has 2 rings (SSSR count). The number of H-pyrrole nitrogens is 1. The topological polar surface area (TPSA) is 28.7 Å². The molecular formula is C11H10ClFN2. The molecule has 1 aromatic heterocycles. The highest BCUT2D eigenvalue weighted by Gasteiger charge is 2.09. The number of hydrogen-bond acceptors (Lipinski definition) is 1. The fraction of sp³-hybridized carbons (Fsp3) is 0.182. The summed E-state index contributed by atoms with van der Waals surface area (Å²) in [5.74, 6) is -0.289. The highest BCUT2D eigenvalue weighted by Crippen LogP contribution is 2.21. The Bertz CT molecular complexity index is 459. The molecule has 2 aromatic rings. The molecule has 0 spiro atoms. The molecule has 0 aliphatic rings. The van der Waals surface area contributed by atoms with Gasteiger partial charge in [0.2, 0.25) is 0 Å². The van der Waals surface area contributed by atoms with E-state index >= 15 is 0 Å². The van der Waals surface area contributed by atoms with Gasteiger partial charge in [-0.25, -0.2) is 4.39 Å². The molecule has 0 radical (unpaired) electrons. The molecule has 15 heavy (non-hydrogen) atoms. The third-order valence-corrected chi connectivity index (χ3v) is 2.53. The first kappa shape index (κ1) is 10.2. The van der Waals surface area contributed by atoms with Gasteiger partial charge < -0.3 is 0 Å². The van der Waals surface area contributed by atoms with Crippen molar-refractivity contribution in [1.82, 2.24) is 10.2 Å². The number of aromatic amines is 1. The fourth-order valence-electron chi connectivity index (χ4n) is 1.45. The van der Waals surface area contributed by atoms with E-state index in [0.717, 1.165) is 11.4 Å². The number of halogens is 2. The summed E-state index contributed by atoms with van der Waals surface area (Å²) in [5.41, 5.74) is 2.24. The molecule has 0 saturated carbocycles. The van der Waals surface area contributed by atoms with Crippen molar-refractivity contribution in [3.63, 3.8) is 0 Å². The van der Waals surface area contributed by atoms with Crippen LogP contribution in [0.3, 0.4) is 0 Å². The molecule has 0 unspecified atom stereocenters. The zero-order valence-electron chi connectivity index (χ0n) is 8.22. The van der Waals surface area contributed by atoms with Crippen LogP contribution in [0.4, 0.5) is 4.39 Å². The number of nitrogens with one attached hydrogen (secondary N) is 1. The van der Waals surface area contributed by atoms with Crippen molar-refractivity contribution in [1.29, 1.82) is 0 Å². The minimum absolute atomic E-state index is 0.289.